The molecule has 0 fully saturated rings. The lowest BCUT2D eigenvalue weighted by atomic mass is 9.37. The van der Waals surface area contributed by atoms with Crippen LogP contribution < -0.4 is 26.6 Å². The highest BCUT2D eigenvalue weighted by Gasteiger charge is 2.50. The zero-order chi connectivity index (χ0) is 47.3. The Morgan fingerprint density at radius 1 is 0.420 bits per heavy atom. The molecule has 0 atom stereocenters. The Morgan fingerprint density at radius 2 is 0.855 bits per heavy atom. The van der Waals surface area contributed by atoms with E-state index < -0.39 is 0 Å². The van der Waals surface area contributed by atoms with Gasteiger partial charge in [-0.05, 0) is 145 Å². The maximum Gasteiger partial charge on any atom is 0.342 e. The number of hydrogen-bond acceptors (Lipinski definition) is 6. The largest absolute Gasteiger partial charge is 0.468 e. The highest BCUT2D eigenvalue weighted by Crippen LogP contribution is 2.52. The molecule has 6 heterocycles. The van der Waals surface area contributed by atoms with Gasteiger partial charge in [0.25, 0.3) is 0 Å². The fourth-order valence-electron chi connectivity index (χ4n) is 10.7. The molecule has 4 aromatic heterocycles. The maximum atomic E-state index is 7.37. The molecule has 0 unspecified atom stereocenters. The summed E-state index contributed by atoms with van der Waals surface area (Å²) in [6.07, 6.45) is 0. The van der Waals surface area contributed by atoms with Gasteiger partial charge in [0.1, 0.15) is 22.5 Å². The predicted octanol–water partition coefficient (Wildman–Crippen LogP) is 16.9. The van der Waals surface area contributed by atoms with Crippen molar-refractivity contribution in [2.24, 2.45) is 0 Å². The third-order valence-corrected chi connectivity index (χ3v) is 16.8. The molecule has 2 aliphatic rings. The number of thiophene rings is 2. The van der Waals surface area contributed by atoms with Crippen molar-refractivity contribution in [1.82, 2.24) is 0 Å². The first-order valence-corrected chi connectivity index (χ1v) is 25.8. The molecule has 7 aromatic carbocycles. The zero-order valence-corrected chi connectivity index (χ0v) is 42.2. The summed E-state index contributed by atoms with van der Waals surface area (Å²) in [4.78, 5) is 7.53. The molecule has 0 spiro atoms. The first-order valence-electron chi connectivity index (χ1n) is 24.2. The van der Waals surface area contributed by atoms with E-state index in [1.54, 1.807) is 0 Å². The zero-order valence-electron chi connectivity index (χ0n) is 40.6. The SMILES string of the molecule is CC(C)(C)c1cc2c3c(c1)N(c1cccc(-c4cc5ccccc5s4)c1)c1c(oc4ccc(C(C)(C)C)cc14)B3c1oc3ccc(C(C)(C)C)cc3c1N2c1cccc(-c2cc3ccccc3s2)c1. The minimum atomic E-state index is -0.325. The van der Waals surface area contributed by atoms with Crippen LogP contribution in [0, 0.1) is 0 Å². The Morgan fingerprint density at radius 3 is 1.28 bits per heavy atom. The Balaban J connectivity index is 1.14. The van der Waals surface area contributed by atoms with Gasteiger partial charge in [-0.2, -0.15) is 0 Å². The molecule has 7 heteroatoms. The molecule has 0 saturated carbocycles. The molecular formula is C62H53BN2O2S2. The number of nitrogens with zero attached hydrogens (tertiary/aromatic N) is 2. The van der Waals surface area contributed by atoms with Gasteiger partial charge in [-0.3, -0.25) is 0 Å². The minimum Gasteiger partial charge on any atom is -0.468 e. The molecule has 11 aromatic rings. The van der Waals surface area contributed by atoms with Crippen LogP contribution in [0.5, 0.6) is 0 Å². The molecule has 2 aliphatic heterocycles. The third-order valence-electron chi connectivity index (χ3n) is 14.5. The highest BCUT2D eigenvalue weighted by atomic mass is 32.1. The molecule has 0 amide bonds. The Hall–Kier alpha value is -6.80. The summed E-state index contributed by atoms with van der Waals surface area (Å²) in [5.41, 5.74) is 17.1. The van der Waals surface area contributed by atoms with Crippen LogP contribution in [0.25, 0.3) is 63.0 Å². The third kappa shape index (κ3) is 6.68. The van der Waals surface area contributed by atoms with Crippen LogP contribution in [0.1, 0.15) is 79.0 Å². The van der Waals surface area contributed by atoms with Crippen LogP contribution in [0.2, 0.25) is 0 Å². The van der Waals surface area contributed by atoms with Gasteiger partial charge in [0.15, 0.2) is 0 Å². The summed E-state index contributed by atoms with van der Waals surface area (Å²) in [6, 6.07) is 58.9. The van der Waals surface area contributed by atoms with Crippen molar-refractivity contribution >= 4 is 122 Å². The van der Waals surface area contributed by atoms with Gasteiger partial charge in [0.2, 0.25) is 0 Å². The summed E-state index contributed by atoms with van der Waals surface area (Å²) in [7, 11) is 0. The van der Waals surface area contributed by atoms with Crippen molar-refractivity contribution in [2.45, 2.75) is 78.6 Å². The number of fused-ring (bicyclic) bond motifs is 10. The van der Waals surface area contributed by atoms with Crippen LogP contribution in [-0.2, 0) is 16.2 Å². The van der Waals surface area contributed by atoms with Crippen LogP contribution in [0.15, 0.2) is 167 Å². The van der Waals surface area contributed by atoms with E-state index in [4.69, 9.17) is 8.83 Å². The lowest BCUT2D eigenvalue weighted by Gasteiger charge is -2.42. The molecular weight excluding hydrogens is 880 g/mol. The summed E-state index contributed by atoms with van der Waals surface area (Å²) in [5, 5.41) is 4.73. The van der Waals surface area contributed by atoms with Crippen molar-refractivity contribution in [1.29, 1.82) is 0 Å². The van der Waals surface area contributed by atoms with Crippen molar-refractivity contribution in [3.63, 3.8) is 0 Å². The Kier molecular flexibility index (Phi) is 9.11. The highest BCUT2D eigenvalue weighted by molar-refractivity contribution is 7.22. The number of anilines is 6. The van der Waals surface area contributed by atoms with Crippen LogP contribution in [-0.4, -0.2) is 6.71 Å². The van der Waals surface area contributed by atoms with Gasteiger partial charge in [-0.15, -0.1) is 22.7 Å². The molecule has 0 N–H and O–H groups in total. The number of hydrogen-bond donors (Lipinski definition) is 0. The fraction of sp³-hybridized carbons (Fsp3) is 0.194. The molecule has 338 valence electrons. The van der Waals surface area contributed by atoms with Crippen molar-refractivity contribution < 1.29 is 8.83 Å². The van der Waals surface area contributed by atoms with E-state index in [0.717, 1.165) is 67.4 Å². The lowest BCUT2D eigenvalue weighted by Crippen LogP contribution is -2.60. The quantitative estimate of drug-likeness (QED) is 0.165. The normalized spacial score (nSPS) is 13.8. The van der Waals surface area contributed by atoms with Crippen LogP contribution >= 0.6 is 22.7 Å². The van der Waals surface area contributed by atoms with E-state index in [1.165, 1.54) is 63.2 Å². The van der Waals surface area contributed by atoms with Crippen molar-refractivity contribution in [2.75, 3.05) is 9.80 Å². The van der Waals surface area contributed by atoms with Gasteiger partial charge in [-0.1, -0.05) is 135 Å². The topological polar surface area (TPSA) is 32.8 Å². The first kappa shape index (κ1) is 42.3. The molecule has 0 aliphatic carbocycles. The summed E-state index contributed by atoms with van der Waals surface area (Å²) in [6.45, 7) is 20.5. The molecule has 13 rings (SSSR count). The Bertz CT molecular complexity index is 3590. The number of benzene rings is 7. The molecule has 0 bridgehead atoms. The summed E-state index contributed by atoms with van der Waals surface area (Å²) < 4.78 is 17.3. The van der Waals surface area contributed by atoms with E-state index in [2.05, 4.69) is 230 Å². The van der Waals surface area contributed by atoms with E-state index in [0.29, 0.717) is 0 Å². The molecule has 4 nitrogen and oxygen atoms in total. The Labute approximate surface area is 412 Å². The van der Waals surface area contributed by atoms with E-state index >= 15 is 0 Å². The van der Waals surface area contributed by atoms with Crippen molar-refractivity contribution in [3.05, 3.63) is 174 Å². The van der Waals surface area contributed by atoms with Gasteiger partial charge in [0, 0.05) is 52.7 Å². The van der Waals surface area contributed by atoms with Crippen LogP contribution in [0.3, 0.4) is 0 Å². The molecule has 69 heavy (non-hydrogen) atoms. The minimum absolute atomic E-state index is 0.0736. The number of rotatable bonds is 4. The molecule has 0 radical (unpaired) electrons. The van der Waals surface area contributed by atoms with Gasteiger partial charge in [-0.25, -0.2) is 0 Å². The second kappa shape index (κ2) is 14.9. The predicted molar refractivity (Wildman–Crippen MR) is 298 cm³/mol. The van der Waals surface area contributed by atoms with E-state index in [1.807, 2.05) is 22.7 Å². The smallest absolute Gasteiger partial charge is 0.342 e. The number of furan rings is 2. The van der Waals surface area contributed by atoms with E-state index in [9.17, 15) is 0 Å². The average molecular weight is 933 g/mol. The van der Waals surface area contributed by atoms with E-state index in [-0.39, 0.29) is 23.0 Å². The van der Waals surface area contributed by atoms with Crippen LogP contribution in [0.4, 0.5) is 34.1 Å². The summed E-state index contributed by atoms with van der Waals surface area (Å²) >= 11 is 3.69. The van der Waals surface area contributed by atoms with Gasteiger partial charge in [0.05, 0.1) is 11.4 Å². The monoisotopic (exact) mass is 932 g/mol. The summed E-state index contributed by atoms with van der Waals surface area (Å²) in [5.74, 6) is 0. The molecule has 0 saturated heterocycles. The van der Waals surface area contributed by atoms with Gasteiger partial charge < -0.3 is 18.6 Å². The second-order valence-corrected chi connectivity index (χ2v) is 24.4. The lowest BCUT2D eigenvalue weighted by molar-refractivity contribution is 0.590. The van der Waals surface area contributed by atoms with Gasteiger partial charge >= 0.3 is 6.71 Å². The maximum absolute atomic E-state index is 7.37. The standard InChI is InChI=1S/C62H53BN2O2S2/c1-60(2,3)40-24-26-49-45(32-40)56-58(66-49)63-55-47(64(56)43-20-14-18-36(28-43)53-30-38-16-10-12-22-51(38)68-53)34-42(62(7,8)9)35-48(55)65(57-46-33-41(61(4,5)6)25-27-50(46)67-59(57)63)44-21-15-19-37(29-44)54-31-39-17-11-13-23-52(39)69-54/h10-35H,1-9H3. The average Bonchev–Trinajstić information content (AvgIpc) is 4.13. The fourth-order valence-corrected chi connectivity index (χ4v) is 12.8. The van der Waals surface area contributed by atoms with Crippen molar-refractivity contribution in [3.8, 4) is 20.9 Å². The second-order valence-electron chi connectivity index (χ2n) is 22.2. The first-order chi connectivity index (χ1) is 33.1.